The van der Waals surface area contributed by atoms with Crippen LogP contribution in [-0.2, 0) is 26.2 Å². The molecule has 0 saturated heterocycles. The number of carbonyl (C=O) groups excluding carboxylic acids is 2. The summed E-state index contributed by atoms with van der Waals surface area (Å²) < 4.78 is 28.9. The number of nitrogens with one attached hydrogen (secondary N) is 1. The Kier molecular flexibility index (Phi) is 10.8. The van der Waals surface area contributed by atoms with Gasteiger partial charge in [-0.05, 0) is 81.1 Å². The Morgan fingerprint density at radius 2 is 1.52 bits per heavy atom. The quantitative estimate of drug-likeness (QED) is 0.289. The fourth-order valence-electron chi connectivity index (χ4n) is 4.31. The van der Waals surface area contributed by atoms with E-state index in [0.717, 1.165) is 27.4 Å². The molecule has 0 heterocycles. The number of hydrogen-bond acceptors (Lipinski definition) is 4. The van der Waals surface area contributed by atoms with Gasteiger partial charge in [0.25, 0.3) is 10.0 Å². The number of carbonyl (C=O) groups is 2. The fourth-order valence-corrected chi connectivity index (χ4v) is 5.85. The first kappa shape index (κ1) is 31.2. The Balaban J connectivity index is 2.06. The summed E-state index contributed by atoms with van der Waals surface area (Å²) in [5.74, 6) is -0.742. The number of benzene rings is 3. The molecule has 0 aromatic heterocycles. The Morgan fingerprint density at radius 1 is 0.900 bits per heavy atom. The summed E-state index contributed by atoms with van der Waals surface area (Å²) in [5, 5.41) is 3.39. The molecule has 0 aliphatic rings. The number of sulfonamides is 1. The van der Waals surface area contributed by atoms with Crippen LogP contribution in [0, 0.1) is 13.8 Å². The van der Waals surface area contributed by atoms with Crippen LogP contribution in [0.1, 0.15) is 50.3 Å². The van der Waals surface area contributed by atoms with Gasteiger partial charge < -0.3 is 10.2 Å². The van der Waals surface area contributed by atoms with E-state index >= 15 is 0 Å². The van der Waals surface area contributed by atoms with Gasteiger partial charge in [0.2, 0.25) is 11.8 Å². The second kappa shape index (κ2) is 13.8. The molecule has 0 aliphatic carbocycles. The van der Waals surface area contributed by atoms with Gasteiger partial charge in [0.05, 0.1) is 10.6 Å². The first-order valence-electron chi connectivity index (χ1n) is 13.5. The van der Waals surface area contributed by atoms with Gasteiger partial charge in [-0.15, -0.1) is 0 Å². The normalized spacial score (nSPS) is 12.8. The first-order chi connectivity index (χ1) is 19.0. The lowest BCUT2D eigenvalue weighted by Crippen LogP contribution is -2.53. The summed E-state index contributed by atoms with van der Waals surface area (Å²) in [5.41, 5.74) is 3.16. The highest BCUT2D eigenvalue weighted by molar-refractivity contribution is 7.92. The number of rotatable bonds is 12. The fraction of sp³-hybridized carbons (Fsp3) is 0.355. The zero-order valence-corrected chi connectivity index (χ0v) is 25.3. The van der Waals surface area contributed by atoms with E-state index in [0.29, 0.717) is 17.1 Å². The number of aryl methyl sites for hydroxylation is 2. The average Bonchev–Trinajstić information content (AvgIpc) is 2.93. The van der Waals surface area contributed by atoms with Crippen molar-refractivity contribution in [1.82, 2.24) is 10.2 Å². The molecule has 0 unspecified atom stereocenters. The van der Waals surface area contributed by atoms with E-state index in [1.165, 1.54) is 29.2 Å². The van der Waals surface area contributed by atoms with E-state index in [-0.39, 0.29) is 23.4 Å². The molecule has 0 bridgehead atoms. The molecule has 3 aromatic carbocycles. The topological polar surface area (TPSA) is 86.8 Å². The minimum Gasteiger partial charge on any atom is -0.352 e. The maximum Gasteiger partial charge on any atom is 0.264 e. The molecule has 7 nitrogen and oxygen atoms in total. The lowest BCUT2D eigenvalue weighted by molar-refractivity contribution is -0.140. The molecular weight excluding hydrogens is 546 g/mol. The van der Waals surface area contributed by atoms with E-state index in [1.807, 2.05) is 58.9 Å². The Labute approximate surface area is 243 Å². The number of halogens is 1. The molecular formula is C31H38ClN3O4S. The van der Waals surface area contributed by atoms with Crippen molar-refractivity contribution in [1.29, 1.82) is 0 Å². The molecule has 3 aromatic rings. The number of nitrogens with zero attached hydrogens (tertiary/aromatic N) is 2. The first-order valence-corrected chi connectivity index (χ1v) is 15.3. The summed E-state index contributed by atoms with van der Waals surface area (Å²) in [7, 11) is -4.14. The second-order valence-electron chi connectivity index (χ2n) is 9.99. The van der Waals surface area contributed by atoms with Crippen LogP contribution in [0.15, 0.2) is 77.7 Å². The number of amides is 2. The lowest BCUT2D eigenvalue weighted by Gasteiger charge is -2.34. The van der Waals surface area contributed by atoms with Crippen molar-refractivity contribution in [3.05, 3.63) is 94.5 Å². The SMILES string of the molecule is CC[C@@H](C)NC(=O)[C@@H](CC)N(Cc1ccccc1C)C(=O)CN(c1ccc(C)cc1)S(=O)(=O)c1ccc(Cl)cc1. The molecule has 0 radical (unpaired) electrons. The molecule has 0 fully saturated rings. The predicted octanol–water partition coefficient (Wildman–Crippen LogP) is 5.87. The van der Waals surface area contributed by atoms with Crippen molar-refractivity contribution in [3.8, 4) is 0 Å². The second-order valence-corrected chi connectivity index (χ2v) is 12.3. The van der Waals surface area contributed by atoms with Crippen LogP contribution >= 0.6 is 11.6 Å². The van der Waals surface area contributed by atoms with Gasteiger partial charge in [0.15, 0.2) is 0 Å². The summed E-state index contributed by atoms with van der Waals surface area (Å²) in [6.45, 7) is 9.27. The maximum absolute atomic E-state index is 14.1. The molecule has 40 heavy (non-hydrogen) atoms. The third-order valence-electron chi connectivity index (χ3n) is 6.99. The predicted molar refractivity (Wildman–Crippen MR) is 161 cm³/mol. The molecule has 2 atom stereocenters. The van der Waals surface area contributed by atoms with Crippen molar-refractivity contribution < 1.29 is 18.0 Å². The highest BCUT2D eigenvalue weighted by atomic mass is 35.5. The van der Waals surface area contributed by atoms with E-state index in [4.69, 9.17) is 11.6 Å². The molecule has 0 aliphatic heterocycles. The molecule has 0 saturated carbocycles. The highest BCUT2D eigenvalue weighted by Crippen LogP contribution is 2.26. The van der Waals surface area contributed by atoms with E-state index < -0.39 is 28.5 Å². The van der Waals surface area contributed by atoms with E-state index in [1.54, 1.807) is 24.3 Å². The Bertz CT molecular complexity index is 1410. The van der Waals surface area contributed by atoms with Gasteiger partial charge in [-0.3, -0.25) is 13.9 Å². The van der Waals surface area contributed by atoms with Crippen molar-refractivity contribution in [3.63, 3.8) is 0 Å². The van der Waals surface area contributed by atoms with Crippen LogP contribution in [0.3, 0.4) is 0 Å². The zero-order chi connectivity index (χ0) is 29.4. The molecule has 0 spiro atoms. The van der Waals surface area contributed by atoms with Crippen molar-refractivity contribution in [2.24, 2.45) is 0 Å². The van der Waals surface area contributed by atoms with Crippen LogP contribution in [0.25, 0.3) is 0 Å². The summed E-state index contributed by atoms with van der Waals surface area (Å²) in [6.07, 6.45) is 1.11. The van der Waals surface area contributed by atoms with Crippen LogP contribution in [-0.4, -0.2) is 43.8 Å². The molecule has 3 rings (SSSR count). The highest BCUT2D eigenvalue weighted by Gasteiger charge is 2.34. The summed E-state index contributed by atoms with van der Waals surface area (Å²) in [6, 6.07) is 19.6. The standard InChI is InChI=1S/C31H38ClN3O4S/c1-6-24(5)33-31(37)29(7-2)34(20-25-11-9-8-10-23(25)4)30(36)21-35(27-16-12-22(3)13-17-27)40(38,39)28-18-14-26(32)15-19-28/h8-19,24,29H,6-7,20-21H2,1-5H3,(H,33,37)/t24-,29-/m1/s1. The maximum atomic E-state index is 14.1. The minimum atomic E-state index is -4.14. The largest absolute Gasteiger partial charge is 0.352 e. The van der Waals surface area contributed by atoms with E-state index in [9.17, 15) is 18.0 Å². The minimum absolute atomic E-state index is 0.0114. The molecule has 9 heteroatoms. The molecule has 2 amide bonds. The monoisotopic (exact) mass is 583 g/mol. The van der Waals surface area contributed by atoms with Gasteiger partial charge in [0.1, 0.15) is 12.6 Å². The zero-order valence-electron chi connectivity index (χ0n) is 23.7. The van der Waals surface area contributed by atoms with Gasteiger partial charge in [-0.2, -0.15) is 0 Å². The third kappa shape index (κ3) is 7.64. The number of anilines is 1. The van der Waals surface area contributed by atoms with Crippen LogP contribution < -0.4 is 9.62 Å². The smallest absolute Gasteiger partial charge is 0.264 e. The van der Waals surface area contributed by atoms with Gasteiger partial charge in [-0.25, -0.2) is 8.42 Å². The van der Waals surface area contributed by atoms with Crippen LogP contribution in [0.2, 0.25) is 5.02 Å². The molecule has 1 N–H and O–H groups in total. The van der Waals surface area contributed by atoms with Crippen molar-refractivity contribution in [2.45, 2.75) is 71.0 Å². The third-order valence-corrected chi connectivity index (χ3v) is 9.03. The van der Waals surface area contributed by atoms with Gasteiger partial charge in [-0.1, -0.05) is 67.4 Å². The van der Waals surface area contributed by atoms with Gasteiger partial charge in [0, 0.05) is 17.6 Å². The Morgan fingerprint density at radius 3 is 2.10 bits per heavy atom. The van der Waals surface area contributed by atoms with Crippen molar-refractivity contribution in [2.75, 3.05) is 10.8 Å². The number of hydrogen-bond donors (Lipinski definition) is 1. The van der Waals surface area contributed by atoms with E-state index in [2.05, 4.69) is 5.32 Å². The summed E-state index contributed by atoms with van der Waals surface area (Å²) in [4.78, 5) is 29.0. The van der Waals surface area contributed by atoms with Crippen LogP contribution in [0.4, 0.5) is 5.69 Å². The van der Waals surface area contributed by atoms with Crippen LogP contribution in [0.5, 0.6) is 0 Å². The summed E-state index contributed by atoms with van der Waals surface area (Å²) >= 11 is 6.01. The molecule has 214 valence electrons. The van der Waals surface area contributed by atoms with Gasteiger partial charge >= 0.3 is 0 Å². The average molecular weight is 584 g/mol. The van der Waals surface area contributed by atoms with Crippen molar-refractivity contribution >= 4 is 39.1 Å². The lowest BCUT2D eigenvalue weighted by atomic mass is 10.1. The Hall–Kier alpha value is -3.36.